The van der Waals surface area contributed by atoms with Gasteiger partial charge in [0, 0.05) is 31.0 Å². The summed E-state index contributed by atoms with van der Waals surface area (Å²) in [6, 6.07) is 0. The molecule has 1 amide bonds. The summed E-state index contributed by atoms with van der Waals surface area (Å²) in [5.41, 5.74) is 0.868. The van der Waals surface area contributed by atoms with Crippen molar-refractivity contribution in [1.29, 1.82) is 0 Å². The number of carbonyl (C=O) groups is 1. The van der Waals surface area contributed by atoms with Crippen molar-refractivity contribution in [3.63, 3.8) is 0 Å². The Morgan fingerprint density at radius 2 is 2.23 bits per heavy atom. The van der Waals surface area contributed by atoms with Crippen molar-refractivity contribution in [2.75, 3.05) is 25.1 Å². The van der Waals surface area contributed by atoms with Gasteiger partial charge in [-0.2, -0.15) is 4.31 Å². The zero-order valence-electron chi connectivity index (χ0n) is 13.0. The molecular formula is C13H21N3O4S2. The van der Waals surface area contributed by atoms with Crippen LogP contribution in [0.5, 0.6) is 0 Å². The van der Waals surface area contributed by atoms with Crippen LogP contribution in [0.25, 0.3) is 0 Å². The summed E-state index contributed by atoms with van der Waals surface area (Å²) in [5.74, 6) is -0.250. The van der Waals surface area contributed by atoms with E-state index in [0.29, 0.717) is 31.2 Å². The Bertz CT molecular complexity index is 640. The van der Waals surface area contributed by atoms with Gasteiger partial charge in [-0.25, -0.2) is 13.4 Å². The Labute approximate surface area is 134 Å². The summed E-state index contributed by atoms with van der Waals surface area (Å²) >= 11 is 1.32. The second kappa shape index (κ2) is 7.03. The lowest BCUT2D eigenvalue weighted by molar-refractivity contribution is -0.120. The van der Waals surface area contributed by atoms with Gasteiger partial charge in [0.25, 0.3) is 5.91 Å². The van der Waals surface area contributed by atoms with Gasteiger partial charge >= 0.3 is 0 Å². The number of hydrogen-bond donors (Lipinski definition) is 1. The predicted molar refractivity (Wildman–Crippen MR) is 85.4 cm³/mol. The maximum absolute atomic E-state index is 12.2. The molecule has 1 aromatic rings. The minimum atomic E-state index is -3.26. The van der Waals surface area contributed by atoms with Gasteiger partial charge in [-0.3, -0.25) is 10.1 Å². The van der Waals surface area contributed by atoms with Gasteiger partial charge in [0.05, 0.1) is 10.9 Å². The highest BCUT2D eigenvalue weighted by atomic mass is 32.2. The molecule has 0 saturated carbocycles. The standard InChI is InChI=1S/C13H21N3O4S2/c1-4-20-8-12(17)15-13-14-10-5-6-16(7-11(10)21-13)22(18,19)9(2)3/h9H,4-8H2,1-3H3,(H,14,15,17). The van der Waals surface area contributed by atoms with E-state index in [1.54, 1.807) is 13.8 Å². The normalized spacial score (nSPS) is 15.8. The summed E-state index contributed by atoms with van der Waals surface area (Å²) < 4.78 is 31.0. The number of thiazole rings is 1. The molecule has 1 aliphatic heterocycles. The van der Waals surface area contributed by atoms with Crippen molar-refractivity contribution in [1.82, 2.24) is 9.29 Å². The molecule has 22 heavy (non-hydrogen) atoms. The van der Waals surface area contributed by atoms with E-state index in [9.17, 15) is 13.2 Å². The first kappa shape index (κ1) is 17.3. The van der Waals surface area contributed by atoms with E-state index in [-0.39, 0.29) is 12.5 Å². The molecule has 2 heterocycles. The van der Waals surface area contributed by atoms with Crippen LogP contribution in [0.4, 0.5) is 5.13 Å². The van der Waals surface area contributed by atoms with Crippen LogP contribution in [0.1, 0.15) is 31.3 Å². The average molecular weight is 347 g/mol. The fourth-order valence-corrected chi connectivity index (χ4v) is 4.46. The molecule has 0 fully saturated rings. The fourth-order valence-electron chi connectivity index (χ4n) is 2.09. The minimum absolute atomic E-state index is 0.00536. The molecule has 0 atom stereocenters. The molecule has 0 radical (unpaired) electrons. The second-order valence-corrected chi connectivity index (χ2v) is 8.82. The highest BCUT2D eigenvalue weighted by Gasteiger charge is 2.31. The van der Waals surface area contributed by atoms with E-state index < -0.39 is 15.3 Å². The molecule has 1 N–H and O–H groups in total. The summed E-state index contributed by atoms with van der Waals surface area (Å²) in [4.78, 5) is 16.9. The lowest BCUT2D eigenvalue weighted by Gasteiger charge is -2.26. The fraction of sp³-hybridized carbons (Fsp3) is 0.692. The average Bonchev–Trinajstić information content (AvgIpc) is 2.85. The van der Waals surface area contributed by atoms with Gasteiger partial charge in [0.1, 0.15) is 6.61 Å². The van der Waals surface area contributed by atoms with Crippen LogP contribution in [-0.4, -0.2) is 48.6 Å². The molecule has 1 aromatic heterocycles. The molecule has 0 saturated heterocycles. The summed E-state index contributed by atoms with van der Waals surface area (Å²) in [5, 5.41) is 2.75. The van der Waals surface area contributed by atoms with Gasteiger partial charge < -0.3 is 4.74 Å². The molecule has 0 spiro atoms. The Balaban J connectivity index is 2.06. The summed E-state index contributed by atoms with van der Waals surface area (Å²) in [6.07, 6.45) is 0.569. The van der Waals surface area contributed by atoms with Gasteiger partial charge in [0.15, 0.2) is 5.13 Å². The van der Waals surface area contributed by atoms with E-state index in [1.165, 1.54) is 15.6 Å². The van der Waals surface area contributed by atoms with E-state index >= 15 is 0 Å². The molecule has 9 heteroatoms. The maximum atomic E-state index is 12.2. The SMILES string of the molecule is CCOCC(=O)Nc1nc2c(s1)CN(S(=O)(=O)C(C)C)CC2. The number of anilines is 1. The first-order chi connectivity index (χ1) is 10.3. The molecule has 0 aliphatic carbocycles. The maximum Gasteiger partial charge on any atom is 0.252 e. The van der Waals surface area contributed by atoms with E-state index in [1.807, 2.05) is 6.92 Å². The zero-order chi connectivity index (χ0) is 16.3. The number of ether oxygens (including phenoxy) is 1. The van der Waals surface area contributed by atoms with Crippen molar-refractivity contribution in [3.05, 3.63) is 10.6 Å². The predicted octanol–water partition coefficient (Wildman–Crippen LogP) is 1.21. The molecule has 0 aromatic carbocycles. The van der Waals surface area contributed by atoms with Crippen LogP contribution in [0, 0.1) is 0 Å². The number of carbonyl (C=O) groups excluding carboxylic acids is 1. The largest absolute Gasteiger partial charge is 0.372 e. The highest BCUT2D eigenvalue weighted by molar-refractivity contribution is 7.89. The van der Waals surface area contributed by atoms with Crippen molar-refractivity contribution >= 4 is 32.4 Å². The van der Waals surface area contributed by atoms with Crippen LogP contribution in [0.2, 0.25) is 0 Å². The molecule has 124 valence electrons. The van der Waals surface area contributed by atoms with Crippen molar-refractivity contribution in [2.24, 2.45) is 0 Å². The van der Waals surface area contributed by atoms with Gasteiger partial charge in [-0.15, -0.1) is 11.3 Å². The van der Waals surface area contributed by atoms with Crippen LogP contribution < -0.4 is 5.32 Å². The molecular weight excluding hydrogens is 326 g/mol. The number of rotatable bonds is 6. The van der Waals surface area contributed by atoms with Crippen LogP contribution in [0.3, 0.4) is 0 Å². The van der Waals surface area contributed by atoms with Crippen molar-refractivity contribution < 1.29 is 17.9 Å². The van der Waals surface area contributed by atoms with Gasteiger partial charge in [0.2, 0.25) is 10.0 Å². The van der Waals surface area contributed by atoms with Gasteiger partial charge in [-0.05, 0) is 20.8 Å². The quantitative estimate of drug-likeness (QED) is 0.836. The molecule has 0 bridgehead atoms. The lowest BCUT2D eigenvalue weighted by Crippen LogP contribution is -2.39. The summed E-state index contributed by atoms with van der Waals surface area (Å²) in [6.45, 7) is 6.41. The molecule has 0 unspecified atom stereocenters. The van der Waals surface area contributed by atoms with Crippen LogP contribution in [-0.2, 0) is 32.5 Å². The Morgan fingerprint density at radius 1 is 1.50 bits per heavy atom. The Hall–Kier alpha value is -1.03. The number of fused-ring (bicyclic) bond motifs is 1. The smallest absolute Gasteiger partial charge is 0.252 e. The molecule has 1 aliphatic rings. The van der Waals surface area contributed by atoms with E-state index in [2.05, 4.69) is 10.3 Å². The monoisotopic (exact) mass is 347 g/mol. The first-order valence-electron chi connectivity index (χ1n) is 7.19. The topological polar surface area (TPSA) is 88.6 Å². The Kier molecular flexibility index (Phi) is 5.54. The number of nitrogens with zero attached hydrogens (tertiary/aromatic N) is 2. The number of amides is 1. The number of nitrogens with one attached hydrogen (secondary N) is 1. The zero-order valence-corrected chi connectivity index (χ0v) is 14.6. The number of aromatic nitrogens is 1. The third kappa shape index (κ3) is 3.83. The Morgan fingerprint density at radius 3 is 2.86 bits per heavy atom. The minimum Gasteiger partial charge on any atom is -0.372 e. The van der Waals surface area contributed by atoms with Crippen molar-refractivity contribution in [3.8, 4) is 0 Å². The van der Waals surface area contributed by atoms with Crippen LogP contribution >= 0.6 is 11.3 Å². The highest BCUT2D eigenvalue weighted by Crippen LogP contribution is 2.30. The van der Waals surface area contributed by atoms with Crippen LogP contribution in [0.15, 0.2) is 0 Å². The van der Waals surface area contributed by atoms with Crippen molar-refractivity contribution in [2.45, 2.75) is 39.0 Å². The van der Waals surface area contributed by atoms with E-state index in [4.69, 9.17) is 4.74 Å². The number of sulfonamides is 1. The second-order valence-electron chi connectivity index (χ2n) is 5.25. The summed E-state index contributed by atoms with van der Waals surface area (Å²) in [7, 11) is -3.26. The third-order valence-corrected chi connectivity index (χ3v) is 6.56. The lowest BCUT2D eigenvalue weighted by atomic mass is 10.2. The van der Waals surface area contributed by atoms with Gasteiger partial charge in [-0.1, -0.05) is 0 Å². The number of hydrogen-bond acceptors (Lipinski definition) is 6. The first-order valence-corrected chi connectivity index (χ1v) is 9.51. The third-order valence-electron chi connectivity index (χ3n) is 3.34. The molecule has 7 nitrogen and oxygen atoms in total. The molecule has 2 rings (SSSR count). The van der Waals surface area contributed by atoms with E-state index in [0.717, 1.165) is 10.6 Å².